The van der Waals surface area contributed by atoms with Crippen molar-refractivity contribution in [2.24, 2.45) is 0 Å². The largest absolute Gasteiger partial charge is 0.406 e. The zero-order valence-electron chi connectivity index (χ0n) is 14.1. The standard InChI is InChI=1S/C18H24N4O2/c1-2-8-16(23)19-15(13-14-9-4-3-5-10-14)17-20-21-18(24-17)22-11-6-7-12-22/h3-5,9-10,15H,2,6-8,11-13H2,1H3,(H,19,23)/t15-/m1/s1. The number of anilines is 1. The van der Waals surface area contributed by atoms with Crippen LogP contribution in [0, 0.1) is 0 Å². The van der Waals surface area contributed by atoms with Crippen molar-refractivity contribution in [1.82, 2.24) is 15.5 Å². The van der Waals surface area contributed by atoms with Crippen LogP contribution in [-0.2, 0) is 11.2 Å². The van der Waals surface area contributed by atoms with Gasteiger partial charge in [0.1, 0.15) is 6.04 Å². The average molecular weight is 328 g/mol. The molecule has 1 N–H and O–H groups in total. The first-order valence-corrected chi connectivity index (χ1v) is 8.68. The van der Waals surface area contributed by atoms with Gasteiger partial charge in [-0.25, -0.2) is 0 Å². The molecule has 1 aliphatic heterocycles. The monoisotopic (exact) mass is 328 g/mol. The third kappa shape index (κ3) is 4.13. The molecule has 6 nitrogen and oxygen atoms in total. The molecule has 0 unspecified atom stereocenters. The van der Waals surface area contributed by atoms with E-state index < -0.39 is 0 Å². The summed E-state index contributed by atoms with van der Waals surface area (Å²) in [4.78, 5) is 14.2. The molecule has 0 saturated carbocycles. The van der Waals surface area contributed by atoms with Crippen LogP contribution in [0.5, 0.6) is 0 Å². The number of rotatable bonds is 7. The van der Waals surface area contributed by atoms with Gasteiger partial charge in [0.25, 0.3) is 0 Å². The van der Waals surface area contributed by atoms with E-state index in [-0.39, 0.29) is 11.9 Å². The summed E-state index contributed by atoms with van der Waals surface area (Å²) in [6.45, 7) is 3.89. The van der Waals surface area contributed by atoms with Crippen molar-refractivity contribution in [2.45, 2.75) is 45.1 Å². The zero-order chi connectivity index (χ0) is 16.8. The molecule has 3 rings (SSSR count). The fourth-order valence-corrected chi connectivity index (χ4v) is 2.95. The molecule has 24 heavy (non-hydrogen) atoms. The van der Waals surface area contributed by atoms with Gasteiger partial charge in [0, 0.05) is 25.9 Å². The molecule has 1 aliphatic rings. The first-order chi connectivity index (χ1) is 11.8. The van der Waals surface area contributed by atoms with Crippen LogP contribution in [0.4, 0.5) is 6.01 Å². The lowest BCUT2D eigenvalue weighted by atomic mass is 10.1. The smallest absolute Gasteiger partial charge is 0.318 e. The summed E-state index contributed by atoms with van der Waals surface area (Å²) < 4.78 is 5.87. The molecule has 0 bridgehead atoms. The Hall–Kier alpha value is -2.37. The fraction of sp³-hybridized carbons (Fsp3) is 0.500. The maximum Gasteiger partial charge on any atom is 0.318 e. The zero-order valence-corrected chi connectivity index (χ0v) is 14.1. The van der Waals surface area contributed by atoms with Gasteiger partial charge in [0.2, 0.25) is 11.8 Å². The Bertz CT molecular complexity index is 650. The molecule has 1 fully saturated rings. The van der Waals surface area contributed by atoms with E-state index in [0.29, 0.717) is 24.7 Å². The molecule has 1 aromatic carbocycles. The Labute approximate surface area is 142 Å². The molecule has 128 valence electrons. The molecule has 1 amide bonds. The van der Waals surface area contributed by atoms with Gasteiger partial charge in [-0.3, -0.25) is 4.79 Å². The first-order valence-electron chi connectivity index (χ1n) is 8.68. The molecule has 2 heterocycles. The van der Waals surface area contributed by atoms with E-state index >= 15 is 0 Å². The number of aromatic nitrogens is 2. The Morgan fingerprint density at radius 3 is 2.71 bits per heavy atom. The fourth-order valence-electron chi connectivity index (χ4n) is 2.95. The topological polar surface area (TPSA) is 71.3 Å². The van der Waals surface area contributed by atoms with Crippen molar-refractivity contribution in [3.8, 4) is 0 Å². The molecule has 6 heteroatoms. The van der Waals surface area contributed by atoms with Crippen molar-refractivity contribution in [2.75, 3.05) is 18.0 Å². The summed E-state index contributed by atoms with van der Waals surface area (Å²) in [6.07, 6.45) is 4.25. The number of amides is 1. The average Bonchev–Trinajstić information content (AvgIpc) is 3.27. The van der Waals surface area contributed by atoms with Gasteiger partial charge >= 0.3 is 6.01 Å². The Morgan fingerprint density at radius 2 is 2.00 bits per heavy atom. The molecule has 1 aromatic heterocycles. The second kappa shape index (κ2) is 7.95. The quantitative estimate of drug-likeness (QED) is 0.846. The van der Waals surface area contributed by atoms with Gasteiger partial charge in [0.15, 0.2) is 0 Å². The van der Waals surface area contributed by atoms with Gasteiger partial charge in [-0.1, -0.05) is 42.4 Å². The minimum absolute atomic E-state index is 0.0133. The van der Waals surface area contributed by atoms with E-state index in [4.69, 9.17) is 4.42 Å². The van der Waals surface area contributed by atoms with Gasteiger partial charge in [-0.05, 0) is 24.8 Å². The van der Waals surface area contributed by atoms with Gasteiger partial charge in [0.05, 0.1) is 0 Å². The van der Waals surface area contributed by atoms with Crippen LogP contribution in [0.1, 0.15) is 50.1 Å². The third-order valence-electron chi connectivity index (χ3n) is 4.20. The molecule has 1 saturated heterocycles. The highest BCUT2D eigenvalue weighted by molar-refractivity contribution is 5.76. The van der Waals surface area contributed by atoms with Gasteiger partial charge in [-0.15, -0.1) is 5.10 Å². The molecular formula is C18H24N4O2. The van der Waals surface area contributed by atoms with E-state index in [1.54, 1.807) is 0 Å². The maximum absolute atomic E-state index is 12.1. The lowest BCUT2D eigenvalue weighted by Crippen LogP contribution is -2.30. The lowest BCUT2D eigenvalue weighted by Gasteiger charge is -2.16. The van der Waals surface area contributed by atoms with E-state index in [1.807, 2.05) is 37.3 Å². The number of carbonyl (C=O) groups is 1. The number of carbonyl (C=O) groups excluding carboxylic acids is 1. The summed E-state index contributed by atoms with van der Waals surface area (Å²) in [7, 11) is 0. The molecule has 0 aliphatic carbocycles. The predicted molar refractivity (Wildman–Crippen MR) is 91.7 cm³/mol. The summed E-state index contributed by atoms with van der Waals surface area (Å²) in [5, 5.41) is 11.4. The normalized spacial score (nSPS) is 15.5. The Balaban J connectivity index is 1.76. The van der Waals surface area contributed by atoms with Crippen LogP contribution in [0.15, 0.2) is 34.7 Å². The number of hydrogen-bond donors (Lipinski definition) is 1. The van der Waals surface area contributed by atoms with E-state index in [9.17, 15) is 4.79 Å². The molecule has 1 atom stereocenters. The maximum atomic E-state index is 12.1. The highest BCUT2D eigenvalue weighted by Crippen LogP contribution is 2.23. The van der Waals surface area contributed by atoms with Crippen molar-refractivity contribution in [1.29, 1.82) is 0 Å². The van der Waals surface area contributed by atoms with Crippen molar-refractivity contribution >= 4 is 11.9 Å². The SMILES string of the molecule is CCCC(=O)N[C@H](Cc1ccccc1)c1nnc(N2CCCC2)o1. The predicted octanol–water partition coefficient (Wildman–Crippen LogP) is 2.87. The van der Waals surface area contributed by atoms with Crippen LogP contribution in [0.3, 0.4) is 0 Å². The summed E-state index contributed by atoms with van der Waals surface area (Å²) in [6, 6.07) is 10.3. The number of nitrogens with one attached hydrogen (secondary N) is 1. The molecule has 0 spiro atoms. The number of hydrogen-bond acceptors (Lipinski definition) is 5. The van der Waals surface area contributed by atoms with E-state index in [0.717, 1.165) is 37.9 Å². The van der Waals surface area contributed by atoms with Crippen molar-refractivity contribution in [3.05, 3.63) is 41.8 Å². The Morgan fingerprint density at radius 1 is 1.25 bits per heavy atom. The second-order valence-electron chi connectivity index (χ2n) is 6.18. The Kier molecular flexibility index (Phi) is 5.46. The number of benzene rings is 1. The van der Waals surface area contributed by atoms with Crippen LogP contribution in [0.25, 0.3) is 0 Å². The van der Waals surface area contributed by atoms with Crippen LogP contribution < -0.4 is 10.2 Å². The third-order valence-corrected chi connectivity index (χ3v) is 4.20. The molecule has 2 aromatic rings. The highest BCUT2D eigenvalue weighted by Gasteiger charge is 2.24. The number of nitrogens with zero attached hydrogens (tertiary/aromatic N) is 3. The van der Waals surface area contributed by atoms with Gasteiger partial charge in [-0.2, -0.15) is 0 Å². The van der Waals surface area contributed by atoms with E-state index in [1.165, 1.54) is 0 Å². The van der Waals surface area contributed by atoms with Crippen LogP contribution >= 0.6 is 0 Å². The van der Waals surface area contributed by atoms with Crippen LogP contribution in [-0.4, -0.2) is 29.2 Å². The minimum Gasteiger partial charge on any atom is -0.406 e. The minimum atomic E-state index is -0.296. The summed E-state index contributed by atoms with van der Waals surface area (Å²) >= 11 is 0. The van der Waals surface area contributed by atoms with Crippen LogP contribution in [0.2, 0.25) is 0 Å². The lowest BCUT2D eigenvalue weighted by molar-refractivity contribution is -0.122. The second-order valence-corrected chi connectivity index (χ2v) is 6.18. The van der Waals surface area contributed by atoms with Crippen molar-refractivity contribution < 1.29 is 9.21 Å². The highest BCUT2D eigenvalue weighted by atomic mass is 16.4. The van der Waals surface area contributed by atoms with E-state index in [2.05, 4.69) is 20.4 Å². The molecule has 0 radical (unpaired) electrons. The molecular weight excluding hydrogens is 304 g/mol. The summed E-state index contributed by atoms with van der Waals surface area (Å²) in [5.41, 5.74) is 1.13. The first kappa shape index (κ1) is 16.5. The van der Waals surface area contributed by atoms with Gasteiger partial charge < -0.3 is 14.6 Å². The van der Waals surface area contributed by atoms with Crippen molar-refractivity contribution in [3.63, 3.8) is 0 Å². The summed E-state index contributed by atoms with van der Waals surface area (Å²) in [5.74, 6) is 0.490.